The summed E-state index contributed by atoms with van der Waals surface area (Å²) in [6.45, 7) is 0. The molecule has 0 unspecified atom stereocenters. The van der Waals surface area contributed by atoms with Crippen molar-refractivity contribution in [1.82, 2.24) is 0 Å². The van der Waals surface area contributed by atoms with E-state index in [0.717, 1.165) is 11.1 Å². The second-order valence-corrected chi connectivity index (χ2v) is 10.7. The highest BCUT2D eigenvalue weighted by Crippen LogP contribution is 2.30. The van der Waals surface area contributed by atoms with Crippen molar-refractivity contribution in [3.63, 3.8) is 0 Å². The van der Waals surface area contributed by atoms with Crippen LogP contribution in [0.15, 0.2) is 107 Å². The quantitative estimate of drug-likeness (QED) is 0.223. The minimum Gasteiger partial charge on any atom is -0.282 e. The number of rotatable bonds is 7. The molecule has 0 saturated carbocycles. The Hall–Kier alpha value is -3.82. The zero-order valence-electron chi connectivity index (χ0n) is 18.9. The molecule has 0 spiro atoms. The van der Waals surface area contributed by atoms with Gasteiger partial charge in [-0.25, -0.2) is 0 Å². The van der Waals surface area contributed by atoms with Crippen LogP contribution < -0.4 is 0 Å². The molecule has 0 saturated heterocycles. The third kappa shape index (κ3) is 6.24. The molecule has 0 aliphatic heterocycles. The molecule has 182 valence electrons. The fourth-order valence-corrected chi connectivity index (χ4v) is 5.07. The van der Waals surface area contributed by atoms with Gasteiger partial charge >= 0.3 is 0 Å². The molecule has 8 heteroatoms. The van der Waals surface area contributed by atoms with Crippen molar-refractivity contribution in [2.75, 3.05) is 0 Å². The summed E-state index contributed by atoms with van der Waals surface area (Å²) in [5.74, 6) is 0. The van der Waals surface area contributed by atoms with E-state index in [0.29, 0.717) is 11.1 Å². The summed E-state index contributed by atoms with van der Waals surface area (Å²) >= 11 is 0. The fourth-order valence-electron chi connectivity index (χ4n) is 3.65. The summed E-state index contributed by atoms with van der Waals surface area (Å²) < 4.78 is 68.2. The average Bonchev–Trinajstić information content (AvgIpc) is 2.86. The van der Waals surface area contributed by atoms with Crippen molar-refractivity contribution in [1.29, 1.82) is 0 Å². The van der Waals surface area contributed by atoms with Crippen LogP contribution in [-0.2, 0) is 20.2 Å². The first kappa shape index (κ1) is 25.3. The van der Waals surface area contributed by atoms with Crippen molar-refractivity contribution >= 4 is 44.5 Å². The molecule has 0 radical (unpaired) electrons. The molecule has 0 aliphatic carbocycles. The molecule has 0 atom stereocenters. The zero-order chi connectivity index (χ0) is 25.8. The molecule has 4 rings (SSSR count). The van der Waals surface area contributed by atoms with Crippen LogP contribution in [0.3, 0.4) is 0 Å². The van der Waals surface area contributed by atoms with E-state index < -0.39 is 20.2 Å². The monoisotopic (exact) mass is 518 g/mol. The first-order valence-corrected chi connectivity index (χ1v) is 13.7. The molecule has 0 aliphatic rings. The summed E-state index contributed by atoms with van der Waals surface area (Å²) in [6.07, 6.45) is 6.58. The molecular formula is C28H22O6S2. The first-order chi connectivity index (χ1) is 17.1. The molecule has 4 aromatic carbocycles. The average molecular weight is 519 g/mol. The van der Waals surface area contributed by atoms with Crippen LogP contribution in [-0.4, -0.2) is 25.9 Å². The van der Waals surface area contributed by atoms with Gasteiger partial charge in [0.1, 0.15) is 9.79 Å². The number of hydrogen-bond donors (Lipinski definition) is 2. The highest BCUT2D eigenvalue weighted by atomic mass is 32.2. The highest BCUT2D eigenvalue weighted by molar-refractivity contribution is 7.86. The van der Waals surface area contributed by atoms with Gasteiger partial charge in [0.2, 0.25) is 0 Å². The predicted molar refractivity (Wildman–Crippen MR) is 142 cm³/mol. The third-order valence-electron chi connectivity index (χ3n) is 5.43. The second-order valence-electron chi connectivity index (χ2n) is 7.94. The van der Waals surface area contributed by atoms with Gasteiger partial charge in [-0.2, -0.15) is 16.8 Å². The van der Waals surface area contributed by atoms with Crippen LogP contribution in [0, 0.1) is 0 Å². The van der Waals surface area contributed by atoms with Crippen LogP contribution in [0.5, 0.6) is 0 Å². The van der Waals surface area contributed by atoms with Crippen molar-refractivity contribution < 1.29 is 25.9 Å². The number of hydrogen-bond acceptors (Lipinski definition) is 4. The maximum atomic E-state index is 12.1. The topological polar surface area (TPSA) is 109 Å². The molecule has 2 N–H and O–H groups in total. The third-order valence-corrected chi connectivity index (χ3v) is 7.24. The van der Waals surface area contributed by atoms with E-state index in [1.165, 1.54) is 24.3 Å². The molecule has 0 bridgehead atoms. The molecule has 6 nitrogen and oxygen atoms in total. The smallest absolute Gasteiger partial charge is 0.282 e. The molecule has 4 aromatic rings. The Morgan fingerprint density at radius 1 is 0.472 bits per heavy atom. The van der Waals surface area contributed by atoms with E-state index in [1.54, 1.807) is 36.4 Å². The molecule has 0 amide bonds. The maximum Gasteiger partial charge on any atom is 0.295 e. The molecular weight excluding hydrogens is 496 g/mol. The lowest BCUT2D eigenvalue weighted by Crippen LogP contribution is -2.03. The van der Waals surface area contributed by atoms with Crippen molar-refractivity contribution in [2.45, 2.75) is 9.79 Å². The second kappa shape index (κ2) is 10.4. The SMILES string of the molecule is O=S(=O)(O)c1cc(-c2ccc(/C=C/c3ccccc3)c(S(=O)(=O)O)c2)ccc1/C=C/c1ccccc1. The highest BCUT2D eigenvalue weighted by Gasteiger charge is 2.18. The lowest BCUT2D eigenvalue weighted by molar-refractivity contribution is 0.480. The summed E-state index contributed by atoms with van der Waals surface area (Å²) in [7, 11) is -9.17. The predicted octanol–water partition coefficient (Wildman–Crippen LogP) is 6.19. The van der Waals surface area contributed by atoms with Gasteiger partial charge in [0.15, 0.2) is 0 Å². The van der Waals surface area contributed by atoms with Gasteiger partial charge in [-0.05, 0) is 45.5 Å². The summed E-state index contributed by atoms with van der Waals surface area (Å²) in [5, 5.41) is 0. The summed E-state index contributed by atoms with van der Waals surface area (Å²) in [4.78, 5) is -0.651. The largest absolute Gasteiger partial charge is 0.295 e. The van der Waals surface area contributed by atoms with Crippen LogP contribution >= 0.6 is 0 Å². The van der Waals surface area contributed by atoms with E-state index >= 15 is 0 Å². The Balaban J connectivity index is 1.76. The Kier molecular flexibility index (Phi) is 7.32. The molecule has 0 fully saturated rings. The van der Waals surface area contributed by atoms with E-state index in [-0.39, 0.29) is 20.9 Å². The summed E-state index contributed by atoms with van der Waals surface area (Å²) in [6, 6.07) is 27.3. The van der Waals surface area contributed by atoms with E-state index in [2.05, 4.69) is 0 Å². The zero-order valence-corrected chi connectivity index (χ0v) is 20.5. The van der Waals surface area contributed by atoms with Crippen LogP contribution in [0.4, 0.5) is 0 Å². The standard InChI is InChI=1S/C28H22O6S2/c29-35(30,31)27-19-25(17-15-23(27)13-11-21-7-3-1-4-8-21)26-18-16-24(28(20-26)36(32,33)34)14-12-22-9-5-2-6-10-22/h1-20H,(H,29,30,31)(H,32,33,34)/b13-11+,14-12+. The van der Waals surface area contributed by atoms with Crippen molar-refractivity contribution in [3.05, 3.63) is 119 Å². The van der Waals surface area contributed by atoms with Gasteiger partial charge in [0, 0.05) is 0 Å². The van der Waals surface area contributed by atoms with Crippen LogP contribution in [0.2, 0.25) is 0 Å². The van der Waals surface area contributed by atoms with Crippen LogP contribution in [0.25, 0.3) is 35.4 Å². The molecule has 0 aromatic heterocycles. The van der Waals surface area contributed by atoms with E-state index in [1.807, 2.05) is 60.7 Å². The van der Waals surface area contributed by atoms with Gasteiger partial charge < -0.3 is 0 Å². The van der Waals surface area contributed by atoms with Crippen molar-refractivity contribution in [2.24, 2.45) is 0 Å². The Morgan fingerprint density at radius 2 is 0.833 bits per heavy atom. The minimum absolute atomic E-state index is 0.266. The normalized spacial score (nSPS) is 12.4. The molecule has 0 heterocycles. The minimum atomic E-state index is -4.58. The van der Waals surface area contributed by atoms with Gasteiger partial charge in [-0.1, -0.05) is 109 Å². The first-order valence-electron chi connectivity index (χ1n) is 10.8. The van der Waals surface area contributed by atoms with Gasteiger partial charge in [-0.15, -0.1) is 0 Å². The van der Waals surface area contributed by atoms with E-state index in [9.17, 15) is 25.9 Å². The van der Waals surface area contributed by atoms with Crippen LogP contribution in [0.1, 0.15) is 22.3 Å². The lowest BCUT2D eigenvalue weighted by Gasteiger charge is -2.10. The summed E-state index contributed by atoms with van der Waals surface area (Å²) in [5.41, 5.74) is 2.93. The van der Waals surface area contributed by atoms with E-state index in [4.69, 9.17) is 0 Å². The number of benzene rings is 4. The Bertz CT molecular complexity index is 1530. The van der Waals surface area contributed by atoms with Crippen molar-refractivity contribution in [3.8, 4) is 11.1 Å². The van der Waals surface area contributed by atoms with Gasteiger partial charge in [0.05, 0.1) is 0 Å². The maximum absolute atomic E-state index is 12.1. The Labute approximate surface area is 210 Å². The molecule has 36 heavy (non-hydrogen) atoms. The van der Waals surface area contributed by atoms with Gasteiger partial charge in [-0.3, -0.25) is 9.11 Å². The lowest BCUT2D eigenvalue weighted by atomic mass is 10.0. The fraction of sp³-hybridized carbons (Fsp3) is 0. The Morgan fingerprint density at radius 3 is 1.17 bits per heavy atom. The van der Waals surface area contributed by atoms with Gasteiger partial charge in [0.25, 0.3) is 20.2 Å².